The molecule has 0 aliphatic carbocycles. The van der Waals surface area contributed by atoms with E-state index in [0.29, 0.717) is 56.8 Å². The molecule has 2 aromatic rings. The third-order valence-corrected chi connectivity index (χ3v) is 8.62. The molecule has 0 saturated carbocycles. The number of anilines is 1. The van der Waals surface area contributed by atoms with E-state index in [-0.39, 0.29) is 29.2 Å². The minimum absolute atomic E-state index is 0.0629. The van der Waals surface area contributed by atoms with Crippen molar-refractivity contribution < 1.29 is 22.8 Å². The molecule has 2 fully saturated rings. The van der Waals surface area contributed by atoms with E-state index in [1.54, 1.807) is 53.4 Å². The smallest absolute Gasteiger partial charge is 0.261 e. The molecule has 0 bridgehead atoms. The predicted molar refractivity (Wildman–Crippen MR) is 125 cm³/mol. The molecule has 3 aliphatic heterocycles. The second kappa shape index (κ2) is 8.94. The number of fused-ring (bicyclic) bond motifs is 1. The molecule has 10 heteroatoms. The predicted octanol–water partition coefficient (Wildman–Crippen LogP) is 1.42. The van der Waals surface area contributed by atoms with E-state index >= 15 is 0 Å². The molecule has 3 aliphatic rings. The van der Waals surface area contributed by atoms with Crippen LogP contribution < -0.4 is 4.90 Å². The normalized spacial score (nSPS) is 19.8. The minimum Gasteiger partial charge on any atom is -0.312 e. The highest BCUT2D eigenvalue weighted by Crippen LogP contribution is 2.25. The van der Waals surface area contributed by atoms with Crippen molar-refractivity contribution in [2.75, 3.05) is 50.7 Å². The molecule has 0 spiro atoms. The molecule has 178 valence electrons. The molecule has 3 heterocycles. The molecular formula is C24H26N4O5S. The summed E-state index contributed by atoms with van der Waals surface area (Å²) in [6.45, 7) is 3.13. The molecule has 0 aromatic heterocycles. The van der Waals surface area contributed by atoms with Crippen molar-refractivity contribution in [2.24, 2.45) is 0 Å². The Labute approximate surface area is 198 Å². The Hall–Kier alpha value is -3.08. The topological polar surface area (TPSA) is 98.3 Å². The summed E-state index contributed by atoms with van der Waals surface area (Å²) < 4.78 is 27.7. The van der Waals surface area contributed by atoms with E-state index < -0.39 is 10.0 Å². The first kappa shape index (κ1) is 22.7. The molecule has 0 unspecified atom stereocenters. The van der Waals surface area contributed by atoms with Crippen molar-refractivity contribution in [1.82, 2.24) is 14.1 Å². The molecular weight excluding hydrogens is 456 g/mol. The summed E-state index contributed by atoms with van der Waals surface area (Å²) in [4.78, 5) is 42.2. The number of hydrogen-bond acceptors (Lipinski definition) is 6. The molecule has 34 heavy (non-hydrogen) atoms. The lowest BCUT2D eigenvalue weighted by atomic mass is 10.1. The largest absolute Gasteiger partial charge is 0.312 e. The van der Waals surface area contributed by atoms with Crippen LogP contribution in [0.5, 0.6) is 0 Å². The monoisotopic (exact) mass is 482 g/mol. The van der Waals surface area contributed by atoms with Crippen LogP contribution in [-0.2, 0) is 14.8 Å². The van der Waals surface area contributed by atoms with Crippen LogP contribution in [-0.4, -0.2) is 86.1 Å². The van der Waals surface area contributed by atoms with Gasteiger partial charge in [-0.3, -0.25) is 24.2 Å². The van der Waals surface area contributed by atoms with Crippen molar-refractivity contribution in [3.05, 3.63) is 59.7 Å². The number of imide groups is 1. The van der Waals surface area contributed by atoms with Gasteiger partial charge in [-0.2, -0.15) is 4.31 Å². The quantitative estimate of drug-likeness (QED) is 0.578. The van der Waals surface area contributed by atoms with Gasteiger partial charge >= 0.3 is 0 Å². The summed E-state index contributed by atoms with van der Waals surface area (Å²) in [6.07, 6.45) is 1.34. The van der Waals surface area contributed by atoms with Gasteiger partial charge in [0.05, 0.1) is 16.0 Å². The van der Waals surface area contributed by atoms with Crippen LogP contribution in [0.25, 0.3) is 0 Å². The Morgan fingerprint density at radius 1 is 0.735 bits per heavy atom. The summed E-state index contributed by atoms with van der Waals surface area (Å²) >= 11 is 0. The minimum atomic E-state index is -3.64. The zero-order valence-corrected chi connectivity index (χ0v) is 19.5. The van der Waals surface area contributed by atoms with Crippen molar-refractivity contribution in [2.45, 2.75) is 17.7 Å². The highest BCUT2D eigenvalue weighted by atomic mass is 32.2. The molecule has 5 rings (SSSR count). The maximum atomic E-state index is 13.1. The first-order chi connectivity index (χ1) is 16.4. The Kier molecular flexibility index (Phi) is 5.97. The van der Waals surface area contributed by atoms with Gasteiger partial charge < -0.3 is 4.90 Å². The SMILES string of the molecule is O=C1c2ccccc2C(=O)N1CCN1CCN(S(=O)(=O)c2ccc(N3CCCC3=O)cc2)CC1. The number of carbonyl (C=O) groups excluding carboxylic acids is 3. The third-order valence-electron chi connectivity index (χ3n) is 6.71. The standard InChI is InChI=1S/C24H26N4O5S/c29-22-6-3-11-27(22)18-7-9-19(10-8-18)34(32,33)26-15-12-25(13-16-26)14-17-28-23(30)20-4-1-2-5-21(20)24(28)31/h1-2,4-5,7-10H,3,6,11-17H2. The van der Waals surface area contributed by atoms with Gasteiger partial charge in [-0.1, -0.05) is 12.1 Å². The van der Waals surface area contributed by atoms with E-state index in [2.05, 4.69) is 4.90 Å². The second-order valence-electron chi connectivity index (χ2n) is 8.70. The average molecular weight is 483 g/mol. The van der Waals surface area contributed by atoms with E-state index in [9.17, 15) is 22.8 Å². The van der Waals surface area contributed by atoms with E-state index in [4.69, 9.17) is 0 Å². The fourth-order valence-corrected chi connectivity index (χ4v) is 6.17. The highest BCUT2D eigenvalue weighted by molar-refractivity contribution is 7.89. The molecule has 0 atom stereocenters. The number of carbonyl (C=O) groups is 3. The number of benzene rings is 2. The first-order valence-electron chi connectivity index (χ1n) is 11.4. The number of hydrogen-bond donors (Lipinski definition) is 0. The molecule has 0 N–H and O–H groups in total. The summed E-state index contributed by atoms with van der Waals surface area (Å²) in [6, 6.07) is 13.3. The number of amides is 3. The summed E-state index contributed by atoms with van der Waals surface area (Å²) in [5, 5.41) is 0. The van der Waals surface area contributed by atoms with Gasteiger partial charge in [0.25, 0.3) is 11.8 Å². The zero-order valence-electron chi connectivity index (χ0n) is 18.7. The van der Waals surface area contributed by atoms with Crippen LogP contribution in [0.3, 0.4) is 0 Å². The average Bonchev–Trinajstić information content (AvgIpc) is 3.39. The van der Waals surface area contributed by atoms with Crippen molar-refractivity contribution >= 4 is 33.4 Å². The molecule has 3 amide bonds. The Morgan fingerprint density at radius 3 is 1.91 bits per heavy atom. The fourth-order valence-electron chi connectivity index (χ4n) is 4.75. The maximum absolute atomic E-state index is 13.1. The number of piperazine rings is 1. The highest BCUT2D eigenvalue weighted by Gasteiger charge is 2.35. The van der Waals surface area contributed by atoms with Crippen LogP contribution in [0.4, 0.5) is 5.69 Å². The van der Waals surface area contributed by atoms with Crippen molar-refractivity contribution in [3.8, 4) is 0 Å². The van der Waals surface area contributed by atoms with Gasteiger partial charge in [0.2, 0.25) is 15.9 Å². The van der Waals surface area contributed by atoms with Gasteiger partial charge in [-0.25, -0.2) is 8.42 Å². The summed E-state index contributed by atoms with van der Waals surface area (Å²) in [5.74, 6) is -0.491. The van der Waals surface area contributed by atoms with Crippen molar-refractivity contribution in [1.29, 1.82) is 0 Å². The Bertz CT molecular complexity index is 1200. The Morgan fingerprint density at radius 2 is 1.35 bits per heavy atom. The van der Waals surface area contributed by atoms with Crippen LogP contribution in [0, 0.1) is 0 Å². The van der Waals surface area contributed by atoms with E-state index in [0.717, 1.165) is 12.1 Å². The van der Waals surface area contributed by atoms with Crippen molar-refractivity contribution in [3.63, 3.8) is 0 Å². The van der Waals surface area contributed by atoms with Gasteiger partial charge in [-0.15, -0.1) is 0 Å². The van der Waals surface area contributed by atoms with Gasteiger partial charge in [-0.05, 0) is 42.8 Å². The lowest BCUT2D eigenvalue weighted by Crippen LogP contribution is -2.50. The fraction of sp³-hybridized carbons (Fsp3) is 0.375. The number of rotatable bonds is 6. The lowest BCUT2D eigenvalue weighted by molar-refractivity contribution is -0.117. The van der Waals surface area contributed by atoms with Gasteiger partial charge in [0.15, 0.2) is 0 Å². The van der Waals surface area contributed by atoms with Gasteiger partial charge in [0, 0.05) is 57.9 Å². The van der Waals surface area contributed by atoms with E-state index in [1.807, 2.05) is 0 Å². The van der Waals surface area contributed by atoms with E-state index in [1.165, 1.54) is 9.21 Å². The lowest BCUT2D eigenvalue weighted by Gasteiger charge is -2.34. The number of nitrogens with zero attached hydrogens (tertiary/aromatic N) is 4. The van der Waals surface area contributed by atoms with Gasteiger partial charge in [0.1, 0.15) is 0 Å². The van der Waals surface area contributed by atoms with Crippen LogP contribution in [0.1, 0.15) is 33.6 Å². The Balaban J connectivity index is 1.16. The van der Waals surface area contributed by atoms with Crippen LogP contribution in [0.2, 0.25) is 0 Å². The van der Waals surface area contributed by atoms with Crippen LogP contribution >= 0.6 is 0 Å². The molecule has 2 saturated heterocycles. The zero-order chi connectivity index (χ0) is 23.9. The van der Waals surface area contributed by atoms with Crippen LogP contribution in [0.15, 0.2) is 53.4 Å². The summed E-state index contributed by atoms with van der Waals surface area (Å²) in [7, 11) is -3.64. The third kappa shape index (κ3) is 4.02. The first-order valence-corrected chi connectivity index (χ1v) is 12.9. The maximum Gasteiger partial charge on any atom is 0.261 e. The second-order valence-corrected chi connectivity index (χ2v) is 10.6. The number of sulfonamides is 1. The molecule has 0 radical (unpaired) electrons. The summed E-state index contributed by atoms with van der Waals surface area (Å²) in [5.41, 5.74) is 1.59. The molecule has 9 nitrogen and oxygen atoms in total. The molecule has 2 aromatic carbocycles.